The van der Waals surface area contributed by atoms with E-state index in [1.54, 1.807) is 0 Å². The fourth-order valence-electron chi connectivity index (χ4n) is 2.80. The zero-order chi connectivity index (χ0) is 16.7. The van der Waals surface area contributed by atoms with Gasteiger partial charge in [-0.15, -0.1) is 0 Å². The van der Waals surface area contributed by atoms with Crippen LogP contribution in [0.5, 0.6) is 0 Å². The molecule has 0 aliphatic heterocycles. The molecule has 2 heterocycles. The maximum atomic E-state index is 14.0. The Morgan fingerprint density at radius 1 is 1.12 bits per heavy atom. The van der Waals surface area contributed by atoms with Crippen molar-refractivity contribution in [1.29, 1.82) is 0 Å². The Morgan fingerprint density at radius 3 is 2.71 bits per heavy atom. The van der Waals surface area contributed by atoms with Crippen LogP contribution in [0.4, 0.5) is 8.78 Å². The van der Waals surface area contributed by atoms with Gasteiger partial charge in [0.2, 0.25) is 0 Å². The average molecular weight is 345 g/mol. The highest BCUT2D eigenvalue weighted by molar-refractivity contribution is 6.32. The average Bonchev–Trinajstić information content (AvgIpc) is 3.14. The quantitative estimate of drug-likeness (QED) is 0.506. The molecule has 4 rings (SSSR count). The fourth-order valence-corrected chi connectivity index (χ4v) is 2.99. The van der Waals surface area contributed by atoms with Crippen LogP contribution in [0.3, 0.4) is 0 Å². The second-order valence-electron chi connectivity index (χ2n) is 5.40. The number of hydrogen-bond donors (Lipinski definition) is 0. The third kappa shape index (κ3) is 2.47. The van der Waals surface area contributed by atoms with Gasteiger partial charge in [-0.3, -0.25) is 0 Å². The number of rotatable bonds is 3. The SMILES string of the molecule is Fc1ccc(Cn2cc(-c3ocnc3Cl)c3ccccc32)c(F)c1. The Balaban J connectivity index is 1.86. The van der Waals surface area contributed by atoms with E-state index >= 15 is 0 Å². The molecular formula is C18H11ClF2N2O. The smallest absolute Gasteiger partial charge is 0.182 e. The first kappa shape index (κ1) is 14.9. The lowest BCUT2D eigenvalue weighted by Gasteiger charge is -2.06. The molecule has 120 valence electrons. The van der Waals surface area contributed by atoms with Crippen LogP contribution in [-0.4, -0.2) is 9.55 Å². The van der Waals surface area contributed by atoms with Crippen LogP contribution in [0.25, 0.3) is 22.2 Å². The molecule has 2 aromatic carbocycles. The number of oxazole rings is 1. The molecular weight excluding hydrogens is 334 g/mol. The van der Waals surface area contributed by atoms with E-state index in [4.69, 9.17) is 16.0 Å². The Bertz CT molecular complexity index is 1040. The number of aromatic nitrogens is 2. The maximum absolute atomic E-state index is 14.0. The molecule has 0 saturated heterocycles. The Morgan fingerprint density at radius 2 is 1.96 bits per heavy atom. The van der Waals surface area contributed by atoms with Crippen molar-refractivity contribution in [2.75, 3.05) is 0 Å². The number of para-hydroxylation sites is 1. The van der Waals surface area contributed by atoms with Crippen LogP contribution in [0.2, 0.25) is 5.15 Å². The first-order valence-electron chi connectivity index (χ1n) is 7.24. The summed E-state index contributed by atoms with van der Waals surface area (Å²) in [5.74, 6) is -0.707. The van der Waals surface area contributed by atoms with Gasteiger partial charge in [-0.2, -0.15) is 0 Å². The van der Waals surface area contributed by atoms with Crippen LogP contribution < -0.4 is 0 Å². The van der Waals surface area contributed by atoms with Gasteiger partial charge in [-0.1, -0.05) is 35.9 Å². The Kier molecular flexibility index (Phi) is 3.58. The van der Waals surface area contributed by atoms with E-state index in [9.17, 15) is 8.78 Å². The molecule has 0 spiro atoms. The highest BCUT2D eigenvalue weighted by Gasteiger charge is 2.17. The summed E-state index contributed by atoms with van der Waals surface area (Å²) >= 11 is 6.07. The third-order valence-corrected chi connectivity index (χ3v) is 4.18. The molecule has 0 amide bonds. The second-order valence-corrected chi connectivity index (χ2v) is 5.75. The topological polar surface area (TPSA) is 31.0 Å². The maximum Gasteiger partial charge on any atom is 0.182 e. The van der Waals surface area contributed by atoms with Crippen LogP contribution in [-0.2, 0) is 6.54 Å². The van der Waals surface area contributed by atoms with Crippen molar-refractivity contribution in [3.8, 4) is 11.3 Å². The van der Waals surface area contributed by atoms with Gasteiger partial charge < -0.3 is 8.98 Å². The molecule has 0 atom stereocenters. The van der Waals surface area contributed by atoms with Gasteiger partial charge in [-0.25, -0.2) is 13.8 Å². The summed E-state index contributed by atoms with van der Waals surface area (Å²) in [6.07, 6.45) is 3.11. The Hall–Kier alpha value is -2.66. The first-order chi connectivity index (χ1) is 11.6. The van der Waals surface area contributed by atoms with Gasteiger partial charge in [0.15, 0.2) is 17.3 Å². The van der Waals surface area contributed by atoms with Gasteiger partial charge in [0.1, 0.15) is 11.6 Å². The fraction of sp³-hybridized carbons (Fsp3) is 0.0556. The van der Waals surface area contributed by atoms with Gasteiger partial charge in [0, 0.05) is 34.3 Å². The van der Waals surface area contributed by atoms with E-state index in [0.29, 0.717) is 11.3 Å². The minimum Gasteiger partial charge on any atom is -0.442 e. The van der Waals surface area contributed by atoms with E-state index in [1.165, 1.54) is 18.5 Å². The molecule has 6 heteroatoms. The van der Waals surface area contributed by atoms with Crippen LogP contribution >= 0.6 is 11.6 Å². The van der Waals surface area contributed by atoms with E-state index in [1.807, 2.05) is 35.0 Å². The number of benzene rings is 2. The summed E-state index contributed by atoms with van der Waals surface area (Å²) in [6, 6.07) is 11.2. The second kappa shape index (κ2) is 5.76. The zero-order valence-electron chi connectivity index (χ0n) is 12.3. The summed E-state index contributed by atoms with van der Waals surface area (Å²) in [6.45, 7) is 0.262. The number of hydrogen-bond acceptors (Lipinski definition) is 2. The molecule has 0 N–H and O–H groups in total. The number of halogens is 3. The predicted octanol–water partition coefficient (Wildman–Crippen LogP) is 5.28. The standard InChI is InChI=1S/C18H11ClF2N2O/c19-18-17(24-10-22-18)14-9-23(16-4-2-1-3-13(14)16)8-11-5-6-12(20)7-15(11)21/h1-7,9-10H,8H2. The third-order valence-electron chi connectivity index (χ3n) is 3.91. The largest absolute Gasteiger partial charge is 0.442 e. The molecule has 4 aromatic rings. The summed E-state index contributed by atoms with van der Waals surface area (Å²) in [4.78, 5) is 3.90. The van der Waals surface area contributed by atoms with Gasteiger partial charge in [0.25, 0.3) is 0 Å². The van der Waals surface area contributed by atoms with E-state index in [2.05, 4.69) is 4.98 Å². The van der Waals surface area contributed by atoms with Crippen molar-refractivity contribution in [1.82, 2.24) is 9.55 Å². The monoisotopic (exact) mass is 344 g/mol. The number of fused-ring (bicyclic) bond motifs is 1. The molecule has 0 bridgehead atoms. The zero-order valence-corrected chi connectivity index (χ0v) is 13.1. The first-order valence-corrected chi connectivity index (χ1v) is 7.62. The lowest BCUT2D eigenvalue weighted by Crippen LogP contribution is -2.01. The minimum atomic E-state index is -0.595. The predicted molar refractivity (Wildman–Crippen MR) is 87.9 cm³/mol. The molecule has 0 unspecified atom stereocenters. The highest BCUT2D eigenvalue weighted by atomic mass is 35.5. The summed E-state index contributed by atoms with van der Waals surface area (Å²) < 4.78 is 34.3. The highest BCUT2D eigenvalue weighted by Crippen LogP contribution is 2.34. The van der Waals surface area contributed by atoms with E-state index < -0.39 is 11.6 Å². The minimum absolute atomic E-state index is 0.262. The molecule has 0 fully saturated rings. The van der Waals surface area contributed by atoms with Gasteiger partial charge >= 0.3 is 0 Å². The van der Waals surface area contributed by atoms with Crippen LogP contribution in [0, 0.1) is 11.6 Å². The molecule has 0 radical (unpaired) electrons. The normalized spacial score (nSPS) is 11.3. The van der Waals surface area contributed by atoms with Crippen molar-refractivity contribution in [2.45, 2.75) is 6.54 Å². The molecule has 24 heavy (non-hydrogen) atoms. The Labute approximate surface area is 141 Å². The molecule has 0 aliphatic carbocycles. The molecule has 0 saturated carbocycles. The van der Waals surface area contributed by atoms with Crippen molar-refractivity contribution >= 4 is 22.5 Å². The van der Waals surface area contributed by atoms with Gasteiger partial charge in [0.05, 0.1) is 6.54 Å². The lowest BCUT2D eigenvalue weighted by molar-refractivity contribution is 0.567. The summed E-state index contributed by atoms with van der Waals surface area (Å²) in [5.41, 5.74) is 2.06. The summed E-state index contributed by atoms with van der Waals surface area (Å²) in [7, 11) is 0. The van der Waals surface area contributed by atoms with Crippen molar-refractivity contribution < 1.29 is 13.2 Å². The summed E-state index contributed by atoms with van der Waals surface area (Å²) in [5, 5.41) is 1.18. The molecule has 0 aliphatic rings. The molecule has 2 aromatic heterocycles. The van der Waals surface area contributed by atoms with Crippen LogP contribution in [0.1, 0.15) is 5.56 Å². The van der Waals surface area contributed by atoms with E-state index in [-0.39, 0.29) is 11.7 Å². The van der Waals surface area contributed by atoms with Crippen LogP contribution in [0.15, 0.2) is 59.5 Å². The van der Waals surface area contributed by atoms with Crippen molar-refractivity contribution in [3.63, 3.8) is 0 Å². The number of nitrogens with zero attached hydrogens (tertiary/aromatic N) is 2. The van der Waals surface area contributed by atoms with Crippen molar-refractivity contribution in [2.24, 2.45) is 0 Å². The van der Waals surface area contributed by atoms with E-state index in [0.717, 1.165) is 22.5 Å². The lowest BCUT2D eigenvalue weighted by atomic mass is 10.1. The van der Waals surface area contributed by atoms with Crippen molar-refractivity contribution in [3.05, 3.63) is 77.4 Å². The van der Waals surface area contributed by atoms with Gasteiger partial charge in [-0.05, 0) is 12.1 Å². The molecule has 3 nitrogen and oxygen atoms in total.